The summed E-state index contributed by atoms with van der Waals surface area (Å²) in [7, 11) is -3.09. The van der Waals surface area contributed by atoms with Crippen LogP contribution in [0.2, 0.25) is 0 Å². The molecule has 2 aromatic rings. The minimum absolute atomic E-state index is 0.0426. The van der Waals surface area contributed by atoms with Gasteiger partial charge < -0.3 is 13.9 Å². The monoisotopic (exact) mass is 336 g/mol. The molecule has 23 heavy (non-hydrogen) atoms. The zero-order chi connectivity index (χ0) is 16.3. The highest BCUT2D eigenvalue weighted by Gasteiger charge is 2.31. The zero-order valence-electron chi connectivity index (χ0n) is 12.3. The molecule has 1 fully saturated rings. The van der Waals surface area contributed by atoms with Gasteiger partial charge in [-0.3, -0.25) is 0 Å². The van der Waals surface area contributed by atoms with Gasteiger partial charge in [0, 0.05) is 0 Å². The maximum Gasteiger partial charge on any atom is 0.374 e. The normalized spacial score (nSPS) is 19.4. The Bertz CT molecular complexity index is 778. The summed E-state index contributed by atoms with van der Waals surface area (Å²) >= 11 is 0. The number of sulfone groups is 1. The highest BCUT2D eigenvalue weighted by atomic mass is 32.2. The molecule has 0 saturated carbocycles. The number of ether oxygens (including phenoxy) is 2. The van der Waals surface area contributed by atoms with Crippen molar-refractivity contribution in [3.8, 4) is 5.75 Å². The SMILES string of the molecule is O=C(OC1CCS(=O)(=O)C1)c1ccc(COc2ccccc2)o1. The summed E-state index contributed by atoms with van der Waals surface area (Å²) < 4.78 is 38.8. The minimum atomic E-state index is -3.09. The lowest BCUT2D eigenvalue weighted by molar-refractivity contribution is 0.0316. The predicted octanol–water partition coefficient (Wildman–Crippen LogP) is 2.20. The highest BCUT2D eigenvalue weighted by molar-refractivity contribution is 7.91. The third-order valence-electron chi connectivity index (χ3n) is 3.45. The molecule has 1 aliphatic heterocycles. The fraction of sp³-hybridized carbons (Fsp3) is 0.312. The van der Waals surface area contributed by atoms with E-state index in [2.05, 4.69) is 0 Å². The Kier molecular flexibility index (Phi) is 4.38. The Balaban J connectivity index is 1.55. The summed E-state index contributed by atoms with van der Waals surface area (Å²) in [5, 5.41) is 0. The zero-order valence-corrected chi connectivity index (χ0v) is 13.1. The summed E-state index contributed by atoms with van der Waals surface area (Å²) in [5.74, 6) is 0.505. The summed E-state index contributed by atoms with van der Waals surface area (Å²) in [4.78, 5) is 11.9. The van der Waals surface area contributed by atoms with Crippen LogP contribution in [-0.2, 0) is 21.2 Å². The molecule has 0 bridgehead atoms. The van der Waals surface area contributed by atoms with E-state index < -0.39 is 21.9 Å². The molecule has 1 aromatic carbocycles. The van der Waals surface area contributed by atoms with Crippen LogP contribution in [0.15, 0.2) is 46.9 Å². The van der Waals surface area contributed by atoms with Crippen molar-refractivity contribution in [3.05, 3.63) is 54.0 Å². The molecule has 122 valence electrons. The maximum atomic E-state index is 11.9. The van der Waals surface area contributed by atoms with Gasteiger partial charge >= 0.3 is 5.97 Å². The van der Waals surface area contributed by atoms with Crippen LogP contribution in [0.4, 0.5) is 0 Å². The molecule has 6 nitrogen and oxygen atoms in total. The van der Waals surface area contributed by atoms with Gasteiger partial charge in [-0.05, 0) is 30.7 Å². The third-order valence-corrected chi connectivity index (χ3v) is 5.19. The lowest BCUT2D eigenvalue weighted by Gasteiger charge is -2.08. The maximum absolute atomic E-state index is 11.9. The number of hydrogen-bond acceptors (Lipinski definition) is 6. The predicted molar refractivity (Wildman–Crippen MR) is 82.0 cm³/mol. The summed E-state index contributed by atoms with van der Waals surface area (Å²) in [6.07, 6.45) is -0.264. The van der Waals surface area contributed by atoms with Crippen LogP contribution >= 0.6 is 0 Å². The van der Waals surface area contributed by atoms with Gasteiger partial charge in [0.2, 0.25) is 5.76 Å². The van der Waals surface area contributed by atoms with E-state index in [4.69, 9.17) is 13.9 Å². The lowest BCUT2D eigenvalue weighted by Crippen LogP contribution is -2.19. The van der Waals surface area contributed by atoms with Crippen molar-refractivity contribution in [3.63, 3.8) is 0 Å². The van der Waals surface area contributed by atoms with E-state index in [0.717, 1.165) is 0 Å². The molecule has 2 heterocycles. The topological polar surface area (TPSA) is 82.8 Å². The number of rotatable bonds is 5. The summed E-state index contributed by atoms with van der Waals surface area (Å²) in [5.41, 5.74) is 0. The van der Waals surface area contributed by atoms with Gasteiger partial charge in [-0.25, -0.2) is 13.2 Å². The number of carbonyl (C=O) groups is 1. The molecule has 0 aliphatic carbocycles. The number of furan rings is 1. The van der Waals surface area contributed by atoms with Crippen LogP contribution in [0.3, 0.4) is 0 Å². The lowest BCUT2D eigenvalue weighted by atomic mass is 10.3. The van der Waals surface area contributed by atoms with Gasteiger partial charge in [-0.2, -0.15) is 0 Å². The number of hydrogen-bond donors (Lipinski definition) is 0. The van der Waals surface area contributed by atoms with E-state index in [0.29, 0.717) is 17.9 Å². The molecule has 7 heteroatoms. The van der Waals surface area contributed by atoms with Crippen LogP contribution < -0.4 is 4.74 Å². The second-order valence-electron chi connectivity index (χ2n) is 5.30. The molecule has 3 rings (SSSR count). The first-order valence-electron chi connectivity index (χ1n) is 7.20. The van der Waals surface area contributed by atoms with Crippen LogP contribution in [0.25, 0.3) is 0 Å². The third kappa shape index (κ3) is 4.13. The molecule has 1 aromatic heterocycles. The molecule has 1 saturated heterocycles. The molecule has 0 N–H and O–H groups in total. The fourth-order valence-electron chi connectivity index (χ4n) is 2.30. The van der Waals surface area contributed by atoms with Gasteiger partial charge in [0.1, 0.15) is 24.2 Å². The standard InChI is InChI=1S/C16H16O6S/c17-16(22-14-8-9-23(18,19)11-14)15-7-6-13(21-15)10-20-12-4-2-1-3-5-12/h1-7,14H,8-11H2. The van der Waals surface area contributed by atoms with Crippen molar-refractivity contribution < 1.29 is 27.1 Å². The summed E-state index contributed by atoms with van der Waals surface area (Å²) in [6.45, 7) is 0.190. The average molecular weight is 336 g/mol. The first-order chi connectivity index (χ1) is 11.0. The Hall–Kier alpha value is -2.28. The van der Waals surface area contributed by atoms with Gasteiger partial charge in [0.25, 0.3) is 0 Å². The first kappa shape index (κ1) is 15.6. The van der Waals surface area contributed by atoms with Crippen molar-refractivity contribution in [2.45, 2.75) is 19.1 Å². The van der Waals surface area contributed by atoms with Crippen molar-refractivity contribution in [1.82, 2.24) is 0 Å². The molecule has 0 spiro atoms. The average Bonchev–Trinajstić information content (AvgIpc) is 3.13. The van der Waals surface area contributed by atoms with Crippen LogP contribution in [0.1, 0.15) is 22.7 Å². The van der Waals surface area contributed by atoms with E-state index in [1.165, 1.54) is 6.07 Å². The van der Waals surface area contributed by atoms with Gasteiger partial charge in [0.05, 0.1) is 11.5 Å². The first-order valence-corrected chi connectivity index (χ1v) is 9.02. The molecule has 1 unspecified atom stereocenters. The smallest absolute Gasteiger partial charge is 0.374 e. The Morgan fingerprint density at radius 1 is 1.17 bits per heavy atom. The van der Waals surface area contributed by atoms with Gasteiger partial charge in [0.15, 0.2) is 9.84 Å². The van der Waals surface area contributed by atoms with Gasteiger partial charge in [-0.1, -0.05) is 18.2 Å². The van der Waals surface area contributed by atoms with Crippen molar-refractivity contribution >= 4 is 15.8 Å². The number of para-hydroxylation sites is 1. The van der Waals surface area contributed by atoms with E-state index >= 15 is 0 Å². The molecule has 0 amide bonds. The van der Waals surface area contributed by atoms with Crippen LogP contribution in [-0.4, -0.2) is 32.0 Å². The minimum Gasteiger partial charge on any atom is -0.486 e. The van der Waals surface area contributed by atoms with E-state index in [1.54, 1.807) is 6.07 Å². The van der Waals surface area contributed by atoms with Gasteiger partial charge in [-0.15, -0.1) is 0 Å². The number of benzene rings is 1. The Labute approximate surface area is 133 Å². The number of carbonyl (C=O) groups excluding carboxylic acids is 1. The molecular weight excluding hydrogens is 320 g/mol. The van der Waals surface area contributed by atoms with E-state index in [9.17, 15) is 13.2 Å². The fourth-order valence-corrected chi connectivity index (χ4v) is 3.89. The van der Waals surface area contributed by atoms with E-state index in [1.807, 2.05) is 30.3 Å². The van der Waals surface area contributed by atoms with Crippen LogP contribution in [0, 0.1) is 0 Å². The quantitative estimate of drug-likeness (QED) is 0.779. The van der Waals surface area contributed by atoms with Crippen molar-refractivity contribution in [1.29, 1.82) is 0 Å². The largest absolute Gasteiger partial charge is 0.486 e. The second kappa shape index (κ2) is 6.45. The molecular formula is C16H16O6S. The Morgan fingerprint density at radius 2 is 1.96 bits per heavy atom. The number of esters is 1. The van der Waals surface area contributed by atoms with Crippen molar-refractivity contribution in [2.24, 2.45) is 0 Å². The van der Waals surface area contributed by atoms with Crippen LogP contribution in [0.5, 0.6) is 5.75 Å². The van der Waals surface area contributed by atoms with E-state index in [-0.39, 0.29) is 23.9 Å². The molecule has 1 atom stereocenters. The molecule has 1 aliphatic rings. The molecule has 0 radical (unpaired) electrons. The summed E-state index contributed by atoms with van der Waals surface area (Å²) in [6, 6.07) is 12.4. The Morgan fingerprint density at radius 3 is 2.65 bits per heavy atom. The second-order valence-corrected chi connectivity index (χ2v) is 7.53. The van der Waals surface area contributed by atoms with Crippen molar-refractivity contribution in [2.75, 3.05) is 11.5 Å². The highest BCUT2D eigenvalue weighted by Crippen LogP contribution is 2.18.